The lowest BCUT2D eigenvalue weighted by atomic mass is 9.83. The highest BCUT2D eigenvalue weighted by Gasteiger charge is 2.21. The molecule has 1 aliphatic carbocycles. The van der Waals surface area contributed by atoms with Crippen molar-refractivity contribution >= 4 is 69.9 Å². The highest BCUT2D eigenvalue weighted by molar-refractivity contribution is 7.25. The lowest BCUT2D eigenvalue weighted by Gasteiger charge is -2.19. The second-order valence-electron chi connectivity index (χ2n) is 12.8. The molecule has 0 radical (unpaired) electrons. The molecule has 230 valence electrons. The normalized spacial score (nSPS) is 12.2. The maximum atomic E-state index is 10.2. The van der Waals surface area contributed by atoms with Gasteiger partial charge in [0.15, 0.2) is 0 Å². The molecule has 0 saturated carbocycles. The molecule has 1 nitrogen and oxygen atoms in total. The fraction of sp³-hybridized carbons (Fsp3) is 0.0208. The molecular formula is C48H27NS. The van der Waals surface area contributed by atoms with E-state index in [9.17, 15) is 5.26 Å². The van der Waals surface area contributed by atoms with Crippen molar-refractivity contribution in [1.82, 2.24) is 0 Å². The maximum absolute atomic E-state index is 10.2. The first kappa shape index (κ1) is 28.6. The van der Waals surface area contributed by atoms with Gasteiger partial charge in [-0.25, -0.2) is 0 Å². The van der Waals surface area contributed by atoms with Crippen molar-refractivity contribution in [2.75, 3.05) is 0 Å². The highest BCUT2D eigenvalue weighted by Crippen LogP contribution is 2.46. The van der Waals surface area contributed by atoms with E-state index in [1.54, 1.807) is 0 Å². The number of fused-ring (bicyclic) bond motifs is 7. The summed E-state index contributed by atoms with van der Waals surface area (Å²) in [5, 5.41) is 19.3. The molecule has 0 fully saturated rings. The van der Waals surface area contributed by atoms with E-state index in [-0.39, 0.29) is 0 Å². The Bertz CT molecular complexity index is 2960. The van der Waals surface area contributed by atoms with Crippen molar-refractivity contribution in [3.63, 3.8) is 0 Å². The number of hydrogen-bond acceptors (Lipinski definition) is 2. The van der Waals surface area contributed by atoms with Crippen molar-refractivity contribution in [3.8, 4) is 51.3 Å². The van der Waals surface area contributed by atoms with Gasteiger partial charge in [0, 0.05) is 48.5 Å². The zero-order chi connectivity index (χ0) is 33.2. The number of rotatable bonds is 3. The largest absolute Gasteiger partial charge is 0.192 e. The van der Waals surface area contributed by atoms with E-state index >= 15 is 0 Å². The maximum Gasteiger partial charge on any atom is 0.100 e. The molecule has 1 heterocycles. The Hall–Kier alpha value is -6.45. The molecule has 0 bridgehead atoms. The Balaban J connectivity index is 1.20. The Morgan fingerprint density at radius 3 is 1.80 bits per heavy atom. The van der Waals surface area contributed by atoms with Gasteiger partial charge in [-0.1, -0.05) is 145 Å². The minimum atomic E-state index is 0.734. The van der Waals surface area contributed by atoms with Crippen LogP contribution in [0.15, 0.2) is 146 Å². The predicted octanol–water partition coefficient (Wildman–Crippen LogP) is 13.2. The molecule has 9 aromatic rings. The monoisotopic (exact) mass is 649 g/mol. The predicted molar refractivity (Wildman–Crippen MR) is 213 cm³/mol. The van der Waals surface area contributed by atoms with Gasteiger partial charge >= 0.3 is 0 Å². The third-order valence-corrected chi connectivity index (χ3v) is 11.3. The summed E-state index contributed by atoms with van der Waals surface area (Å²) in [5.41, 5.74) is 10.2. The molecule has 8 aromatic carbocycles. The molecule has 0 aliphatic heterocycles. The number of hydrogen-bond donors (Lipinski definition) is 0. The molecule has 1 aliphatic rings. The van der Waals surface area contributed by atoms with Crippen molar-refractivity contribution in [1.29, 1.82) is 5.26 Å². The summed E-state index contributed by atoms with van der Waals surface area (Å²) in [4.78, 5) is 0. The number of allylic oxidation sites excluding steroid dienone is 1. The summed E-state index contributed by atoms with van der Waals surface area (Å²) in [7, 11) is 0. The third-order valence-electron chi connectivity index (χ3n) is 10.1. The average molecular weight is 650 g/mol. The number of nitrogens with zero attached hydrogens (tertiary/aromatic N) is 1. The fourth-order valence-electron chi connectivity index (χ4n) is 7.99. The van der Waals surface area contributed by atoms with Gasteiger partial charge in [-0.3, -0.25) is 0 Å². The summed E-state index contributed by atoms with van der Waals surface area (Å²) in [6.45, 7) is 0. The topological polar surface area (TPSA) is 23.8 Å². The first-order valence-electron chi connectivity index (χ1n) is 16.9. The van der Waals surface area contributed by atoms with Crippen LogP contribution in [0.2, 0.25) is 0 Å². The standard InChI is InChI=1S/C48H27NS/c49-29-43-33-15-7-9-19-36(33)47(37-20-10-8-16-34(37)43)31-24-26-44-42(27-31)35-25-23-32(28-45(35)50-44)48-40-18-6-2-5-17-38(40)46(30-13-3-1-4-14-30)39-21-11-12-22-41(39)48/h1,3-4,6-16,18-28H,2H2. The minimum absolute atomic E-state index is 0.734. The van der Waals surface area contributed by atoms with E-state index in [2.05, 4.69) is 157 Å². The molecule has 0 saturated heterocycles. The number of nitriles is 1. The van der Waals surface area contributed by atoms with Gasteiger partial charge in [0.25, 0.3) is 0 Å². The fourth-order valence-corrected chi connectivity index (χ4v) is 9.12. The average Bonchev–Trinajstić information content (AvgIpc) is 3.36. The Kier molecular flexibility index (Phi) is 6.47. The summed E-state index contributed by atoms with van der Waals surface area (Å²) in [6, 6.07) is 52.4. The zero-order valence-electron chi connectivity index (χ0n) is 27.0. The first-order chi connectivity index (χ1) is 24.8. The van der Waals surface area contributed by atoms with Crippen molar-refractivity contribution in [2.24, 2.45) is 0 Å². The molecular weight excluding hydrogens is 623 g/mol. The Morgan fingerprint density at radius 2 is 1.10 bits per heavy atom. The van der Waals surface area contributed by atoms with Gasteiger partial charge in [0.2, 0.25) is 0 Å². The second-order valence-corrected chi connectivity index (χ2v) is 13.9. The van der Waals surface area contributed by atoms with Crippen LogP contribution in [-0.2, 0) is 0 Å². The summed E-state index contributed by atoms with van der Waals surface area (Å²) >= 11 is 1.85. The molecule has 0 spiro atoms. The van der Waals surface area contributed by atoms with E-state index < -0.39 is 0 Å². The van der Waals surface area contributed by atoms with Crippen LogP contribution in [0.4, 0.5) is 0 Å². The number of thiophene rings is 1. The van der Waals surface area contributed by atoms with E-state index in [0.29, 0.717) is 0 Å². The SMILES string of the molecule is N#Cc1c2ccccc2c(-c2ccc3sc4cc(-c5c6c(c(-c7ccccc7)c7ccccc57)C#CCC=C6)ccc4c3c2)c2ccccc12. The van der Waals surface area contributed by atoms with Crippen LogP contribution in [0.1, 0.15) is 23.1 Å². The highest BCUT2D eigenvalue weighted by atomic mass is 32.1. The van der Waals surface area contributed by atoms with Gasteiger partial charge in [-0.15, -0.1) is 11.3 Å². The molecule has 0 atom stereocenters. The van der Waals surface area contributed by atoms with Crippen molar-refractivity contribution < 1.29 is 0 Å². The summed E-state index contributed by atoms with van der Waals surface area (Å²) < 4.78 is 2.52. The van der Waals surface area contributed by atoms with Crippen molar-refractivity contribution in [3.05, 3.63) is 162 Å². The quantitative estimate of drug-likeness (QED) is 0.138. The minimum Gasteiger partial charge on any atom is -0.192 e. The van der Waals surface area contributed by atoms with Crippen LogP contribution in [0.5, 0.6) is 0 Å². The molecule has 0 N–H and O–H groups in total. The summed E-state index contributed by atoms with van der Waals surface area (Å²) in [6.07, 6.45) is 5.20. The van der Waals surface area contributed by atoms with Gasteiger partial charge in [-0.05, 0) is 73.1 Å². The molecule has 0 amide bonds. The summed E-state index contributed by atoms with van der Waals surface area (Å²) in [5.74, 6) is 6.98. The Morgan fingerprint density at radius 1 is 0.500 bits per heavy atom. The van der Waals surface area contributed by atoms with Crippen molar-refractivity contribution in [2.45, 2.75) is 6.42 Å². The van der Waals surface area contributed by atoms with E-state index in [0.717, 1.165) is 44.7 Å². The third kappa shape index (κ3) is 4.27. The molecule has 50 heavy (non-hydrogen) atoms. The van der Waals surface area contributed by atoms with Crippen LogP contribution >= 0.6 is 11.3 Å². The van der Waals surface area contributed by atoms with Crippen LogP contribution < -0.4 is 0 Å². The lowest BCUT2D eigenvalue weighted by molar-refractivity contribution is 1.50. The van der Waals surface area contributed by atoms with Gasteiger partial charge in [0.05, 0.1) is 5.56 Å². The second kappa shape index (κ2) is 11.3. The smallest absolute Gasteiger partial charge is 0.100 e. The molecule has 10 rings (SSSR count). The van der Waals surface area contributed by atoms with E-state index in [1.165, 1.54) is 64.3 Å². The van der Waals surface area contributed by atoms with Gasteiger partial charge in [-0.2, -0.15) is 5.26 Å². The molecule has 2 heteroatoms. The molecule has 1 aromatic heterocycles. The van der Waals surface area contributed by atoms with Crippen LogP contribution in [0, 0.1) is 23.2 Å². The first-order valence-corrected chi connectivity index (χ1v) is 17.7. The molecule has 0 unspecified atom stereocenters. The van der Waals surface area contributed by atoms with Crippen LogP contribution in [-0.4, -0.2) is 0 Å². The van der Waals surface area contributed by atoms with Crippen LogP contribution in [0.25, 0.3) is 91.9 Å². The van der Waals surface area contributed by atoms with Gasteiger partial charge < -0.3 is 0 Å². The lowest BCUT2D eigenvalue weighted by Crippen LogP contribution is -1.96. The number of benzene rings is 8. The van der Waals surface area contributed by atoms with Gasteiger partial charge in [0.1, 0.15) is 6.07 Å². The van der Waals surface area contributed by atoms with E-state index in [1.807, 2.05) is 23.5 Å². The zero-order valence-corrected chi connectivity index (χ0v) is 27.8. The Labute approximate surface area is 294 Å². The van der Waals surface area contributed by atoms with E-state index in [4.69, 9.17) is 0 Å². The van der Waals surface area contributed by atoms with Crippen LogP contribution in [0.3, 0.4) is 0 Å².